The Labute approximate surface area is 47.4 Å². The molecule has 0 aromatic heterocycles. The van der Waals surface area contributed by atoms with Crippen molar-refractivity contribution >= 4 is 5.91 Å². The van der Waals surface area contributed by atoms with Gasteiger partial charge in [-0.25, -0.2) is 0 Å². The van der Waals surface area contributed by atoms with Gasteiger partial charge in [0.2, 0.25) is 5.91 Å². The fourth-order valence-corrected chi connectivity index (χ4v) is 0.519. The Kier molecular flexibility index (Phi) is 1.45. The molecule has 1 rings (SSSR count). The summed E-state index contributed by atoms with van der Waals surface area (Å²) in [5.41, 5.74) is 4.39. The summed E-state index contributed by atoms with van der Waals surface area (Å²) in [5.74, 6) is 5.05. The van der Waals surface area contributed by atoms with Crippen LogP contribution in [-0.4, -0.2) is 5.91 Å². The lowest BCUT2D eigenvalue weighted by Crippen LogP contribution is -2.42. The van der Waals surface area contributed by atoms with Crippen LogP contribution in [0.1, 0.15) is 12.8 Å². The van der Waals surface area contributed by atoms with Crippen molar-refractivity contribution in [1.29, 1.82) is 0 Å². The Balaban J connectivity index is 2.13. The molecule has 4 N–H and O–H groups in total. The molecule has 8 heavy (non-hydrogen) atoms. The number of nitrogens with one attached hydrogen (secondary N) is 2. The van der Waals surface area contributed by atoms with Gasteiger partial charge in [-0.2, -0.15) is 5.53 Å². The summed E-state index contributed by atoms with van der Waals surface area (Å²) in [7, 11) is 0. The van der Waals surface area contributed by atoms with E-state index in [-0.39, 0.29) is 11.8 Å². The second kappa shape index (κ2) is 2.11. The Morgan fingerprint density at radius 3 is 2.62 bits per heavy atom. The Morgan fingerprint density at radius 1 is 1.62 bits per heavy atom. The molecule has 1 saturated carbocycles. The summed E-state index contributed by atoms with van der Waals surface area (Å²) >= 11 is 0. The zero-order valence-corrected chi connectivity index (χ0v) is 4.48. The van der Waals surface area contributed by atoms with Gasteiger partial charge < -0.3 is 0 Å². The largest absolute Gasteiger partial charge is 0.278 e. The third kappa shape index (κ3) is 1.18. The van der Waals surface area contributed by atoms with Crippen LogP contribution in [0.15, 0.2) is 0 Å². The average Bonchev–Trinajstić information content (AvgIpc) is 2.45. The summed E-state index contributed by atoms with van der Waals surface area (Å²) in [6, 6.07) is 0. The molecule has 1 fully saturated rings. The molecule has 0 aliphatic heterocycles. The van der Waals surface area contributed by atoms with Gasteiger partial charge in [0.15, 0.2) is 0 Å². The third-order valence-corrected chi connectivity index (χ3v) is 1.14. The highest BCUT2D eigenvalue weighted by molar-refractivity contribution is 5.80. The van der Waals surface area contributed by atoms with Crippen LogP contribution < -0.4 is 16.8 Å². The number of amides is 1. The monoisotopic (exact) mass is 115 g/mol. The molecular weight excluding hydrogens is 106 g/mol. The van der Waals surface area contributed by atoms with Crippen molar-refractivity contribution in [2.75, 3.05) is 0 Å². The standard InChI is InChI=1S/C4H9N3O/c5-7-6-4(8)3-1-2-3/h3,7H,1-2,5H2,(H,6,8). The SMILES string of the molecule is NNNC(=O)C1CC1. The van der Waals surface area contributed by atoms with Gasteiger partial charge in [0, 0.05) is 5.92 Å². The van der Waals surface area contributed by atoms with Crippen LogP contribution in [0.3, 0.4) is 0 Å². The molecular formula is C4H9N3O. The van der Waals surface area contributed by atoms with E-state index in [0.717, 1.165) is 12.8 Å². The fourth-order valence-electron chi connectivity index (χ4n) is 0.519. The molecule has 0 heterocycles. The highest BCUT2D eigenvalue weighted by Crippen LogP contribution is 2.28. The molecule has 0 atom stereocenters. The van der Waals surface area contributed by atoms with E-state index in [2.05, 4.69) is 11.0 Å². The first-order valence-corrected chi connectivity index (χ1v) is 2.60. The summed E-state index contributed by atoms with van der Waals surface area (Å²) < 4.78 is 0. The molecule has 46 valence electrons. The molecule has 0 saturated heterocycles. The van der Waals surface area contributed by atoms with E-state index >= 15 is 0 Å². The van der Waals surface area contributed by atoms with Crippen LogP contribution in [0.5, 0.6) is 0 Å². The Hall–Kier alpha value is -0.610. The van der Waals surface area contributed by atoms with Crippen LogP contribution >= 0.6 is 0 Å². The third-order valence-electron chi connectivity index (χ3n) is 1.14. The van der Waals surface area contributed by atoms with E-state index in [1.807, 2.05) is 0 Å². The lowest BCUT2D eigenvalue weighted by Gasteiger charge is -1.97. The van der Waals surface area contributed by atoms with Crippen LogP contribution in [0.4, 0.5) is 0 Å². The van der Waals surface area contributed by atoms with E-state index < -0.39 is 0 Å². The average molecular weight is 115 g/mol. The van der Waals surface area contributed by atoms with Gasteiger partial charge in [-0.15, -0.1) is 0 Å². The number of nitrogens with two attached hydrogens (primary N) is 1. The molecule has 1 aliphatic rings. The fraction of sp³-hybridized carbons (Fsp3) is 0.750. The summed E-state index contributed by atoms with van der Waals surface area (Å²) in [4.78, 5) is 10.6. The first-order chi connectivity index (χ1) is 3.84. The molecule has 1 amide bonds. The molecule has 4 heteroatoms. The predicted octanol–water partition coefficient (Wildman–Crippen LogP) is -1.11. The van der Waals surface area contributed by atoms with Crippen molar-refractivity contribution in [3.8, 4) is 0 Å². The van der Waals surface area contributed by atoms with Crippen LogP contribution in [0.2, 0.25) is 0 Å². The summed E-state index contributed by atoms with van der Waals surface area (Å²) in [6.45, 7) is 0. The van der Waals surface area contributed by atoms with Gasteiger partial charge in [0.1, 0.15) is 0 Å². The van der Waals surface area contributed by atoms with Crippen molar-refractivity contribution in [1.82, 2.24) is 11.0 Å². The van der Waals surface area contributed by atoms with Gasteiger partial charge >= 0.3 is 0 Å². The van der Waals surface area contributed by atoms with Crippen molar-refractivity contribution in [3.63, 3.8) is 0 Å². The zero-order valence-electron chi connectivity index (χ0n) is 4.48. The van der Waals surface area contributed by atoms with Gasteiger partial charge in [-0.3, -0.25) is 16.1 Å². The normalized spacial score (nSPS) is 18.1. The minimum absolute atomic E-state index is 0.00694. The van der Waals surface area contributed by atoms with Crippen LogP contribution in [0.25, 0.3) is 0 Å². The molecule has 0 unspecified atom stereocenters. The number of hydrogen-bond acceptors (Lipinski definition) is 3. The predicted molar refractivity (Wildman–Crippen MR) is 28.2 cm³/mol. The highest BCUT2D eigenvalue weighted by atomic mass is 16.2. The summed E-state index contributed by atoms with van der Waals surface area (Å²) in [5, 5.41) is 0. The molecule has 0 bridgehead atoms. The number of carbonyl (C=O) groups is 1. The van der Waals surface area contributed by atoms with Gasteiger partial charge in [0.05, 0.1) is 0 Å². The highest BCUT2D eigenvalue weighted by Gasteiger charge is 2.28. The molecule has 0 spiro atoms. The maximum Gasteiger partial charge on any atom is 0.238 e. The second-order valence-electron chi connectivity index (χ2n) is 1.91. The van der Waals surface area contributed by atoms with Crippen molar-refractivity contribution in [3.05, 3.63) is 0 Å². The first-order valence-electron chi connectivity index (χ1n) is 2.60. The smallest absolute Gasteiger partial charge is 0.238 e. The molecule has 0 radical (unpaired) electrons. The number of hydrogen-bond donors (Lipinski definition) is 3. The Morgan fingerprint density at radius 2 is 2.25 bits per heavy atom. The maximum atomic E-state index is 10.6. The molecule has 0 aromatic rings. The van der Waals surface area contributed by atoms with Gasteiger partial charge in [-0.1, -0.05) is 0 Å². The van der Waals surface area contributed by atoms with Crippen molar-refractivity contribution < 1.29 is 4.79 Å². The summed E-state index contributed by atoms with van der Waals surface area (Å²) in [6.07, 6.45) is 2.01. The lowest BCUT2D eigenvalue weighted by atomic mass is 10.4. The van der Waals surface area contributed by atoms with Crippen molar-refractivity contribution in [2.45, 2.75) is 12.8 Å². The van der Waals surface area contributed by atoms with E-state index in [0.29, 0.717) is 0 Å². The first kappa shape index (κ1) is 5.53. The zero-order chi connectivity index (χ0) is 5.98. The number of hydrazine groups is 2. The second-order valence-corrected chi connectivity index (χ2v) is 1.91. The molecule has 4 nitrogen and oxygen atoms in total. The minimum atomic E-state index is 0.00694. The van der Waals surface area contributed by atoms with Crippen LogP contribution in [-0.2, 0) is 4.79 Å². The minimum Gasteiger partial charge on any atom is -0.278 e. The van der Waals surface area contributed by atoms with Crippen molar-refractivity contribution in [2.24, 2.45) is 11.8 Å². The topological polar surface area (TPSA) is 67.2 Å². The molecule has 1 aliphatic carbocycles. The van der Waals surface area contributed by atoms with E-state index in [1.54, 1.807) is 0 Å². The van der Waals surface area contributed by atoms with Crippen LogP contribution in [0, 0.1) is 5.92 Å². The quantitative estimate of drug-likeness (QED) is 0.316. The number of carbonyl (C=O) groups excluding carboxylic acids is 1. The van der Waals surface area contributed by atoms with E-state index in [4.69, 9.17) is 5.84 Å². The van der Waals surface area contributed by atoms with Gasteiger partial charge in [0.25, 0.3) is 0 Å². The number of rotatable bonds is 2. The molecule has 0 aromatic carbocycles. The van der Waals surface area contributed by atoms with Gasteiger partial charge in [-0.05, 0) is 12.8 Å². The Bertz CT molecular complexity index is 99.5. The van der Waals surface area contributed by atoms with E-state index in [1.165, 1.54) is 0 Å². The maximum absolute atomic E-state index is 10.6. The lowest BCUT2D eigenvalue weighted by molar-refractivity contribution is -0.123. The van der Waals surface area contributed by atoms with E-state index in [9.17, 15) is 4.79 Å².